The normalized spacial score (nSPS) is 26.3. The molecule has 0 spiro atoms. The van der Waals surface area contributed by atoms with Crippen LogP contribution in [-0.2, 0) is 6.42 Å². The molecule has 2 nitrogen and oxygen atoms in total. The smallest absolute Gasteiger partial charge is 0.0959 e. The van der Waals surface area contributed by atoms with Gasteiger partial charge in [0, 0.05) is 11.3 Å². The fourth-order valence-electron chi connectivity index (χ4n) is 2.10. The Morgan fingerprint density at radius 1 is 1.64 bits per heavy atom. The number of hydrogen-bond acceptors (Lipinski definition) is 3. The van der Waals surface area contributed by atoms with Crippen molar-refractivity contribution in [2.24, 2.45) is 5.92 Å². The van der Waals surface area contributed by atoms with Crippen molar-refractivity contribution in [3.05, 3.63) is 16.1 Å². The zero-order chi connectivity index (χ0) is 9.97. The minimum Gasteiger partial charge on any atom is -0.245 e. The van der Waals surface area contributed by atoms with Crippen LogP contribution in [0.1, 0.15) is 42.8 Å². The van der Waals surface area contributed by atoms with Crippen LogP contribution in [0.25, 0.3) is 0 Å². The van der Waals surface area contributed by atoms with Gasteiger partial charge in [0.25, 0.3) is 0 Å². The van der Waals surface area contributed by atoms with Crippen molar-refractivity contribution < 1.29 is 0 Å². The largest absolute Gasteiger partial charge is 0.245 e. The highest BCUT2D eigenvalue weighted by Crippen LogP contribution is 2.38. The van der Waals surface area contributed by atoms with E-state index in [1.807, 2.05) is 5.38 Å². The first-order valence-corrected chi connectivity index (χ1v) is 5.99. The van der Waals surface area contributed by atoms with Crippen molar-refractivity contribution in [2.45, 2.75) is 38.5 Å². The Kier molecular flexibility index (Phi) is 2.83. The third-order valence-corrected chi connectivity index (χ3v) is 3.93. The Labute approximate surface area is 88.6 Å². The summed E-state index contributed by atoms with van der Waals surface area (Å²) < 4.78 is 0. The molecular formula is C11H14N2S. The van der Waals surface area contributed by atoms with Crippen LogP contribution in [-0.4, -0.2) is 4.98 Å². The van der Waals surface area contributed by atoms with Gasteiger partial charge in [-0.1, -0.05) is 13.3 Å². The number of rotatable bonds is 2. The topological polar surface area (TPSA) is 36.7 Å². The molecule has 2 atom stereocenters. The molecule has 0 amide bonds. The van der Waals surface area contributed by atoms with Crippen molar-refractivity contribution in [2.75, 3.05) is 0 Å². The van der Waals surface area contributed by atoms with Gasteiger partial charge in [-0.3, -0.25) is 0 Å². The molecule has 0 aliphatic heterocycles. The Balaban J connectivity index is 2.06. The highest BCUT2D eigenvalue weighted by atomic mass is 32.1. The van der Waals surface area contributed by atoms with Gasteiger partial charge in [0.15, 0.2) is 0 Å². The van der Waals surface area contributed by atoms with Crippen LogP contribution in [0.4, 0.5) is 0 Å². The van der Waals surface area contributed by atoms with E-state index < -0.39 is 0 Å². The average molecular weight is 206 g/mol. The lowest BCUT2D eigenvalue weighted by molar-refractivity contribution is 0.595. The lowest BCUT2D eigenvalue weighted by atomic mass is 10.1. The first-order chi connectivity index (χ1) is 6.79. The average Bonchev–Trinajstić information content (AvgIpc) is 2.74. The summed E-state index contributed by atoms with van der Waals surface area (Å²) in [4.78, 5) is 4.51. The zero-order valence-electron chi connectivity index (χ0n) is 8.36. The van der Waals surface area contributed by atoms with Crippen molar-refractivity contribution in [1.82, 2.24) is 4.98 Å². The first-order valence-electron chi connectivity index (χ1n) is 5.11. The summed E-state index contributed by atoms with van der Waals surface area (Å²) in [5.74, 6) is 1.52. The molecule has 2 unspecified atom stereocenters. The van der Waals surface area contributed by atoms with E-state index in [0.29, 0.717) is 12.3 Å². The molecule has 0 N–H and O–H groups in total. The number of nitrogens with zero attached hydrogens (tertiary/aromatic N) is 2. The zero-order valence-corrected chi connectivity index (χ0v) is 9.18. The molecular weight excluding hydrogens is 192 g/mol. The maximum absolute atomic E-state index is 8.55. The molecule has 1 aliphatic carbocycles. The molecule has 1 aromatic heterocycles. The molecule has 0 radical (unpaired) electrons. The molecule has 1 aromatic rings. The van der Waals surface area contributed by atoms with Crippen molar-refractivity contribution >= 4 is 11.3 Å². The molecule has 3 heteroatoms. The molecule has 0 aromatic carbocycles. The van der Waals surface area contributed by atoms with Gasteiger partial charge < -0.3 is 0 Å². The SMILES string of the molecule is CC1CCC(c2nc(CC#N)cs2)C1. The Morgan fingerprint density at radius 2 is 2.50 bits per heavy atom. The van der Waals surface area contributed by atoms with E-state index in [1.165, 1.54) is 24.3 Å². The molecule has 0 saturated heterocycles. The third-order valence-electron chi connectivity index (χ3n) is 2.87. The quantitative estimate of drug-likeness (QED) is 0.745. The van der Waals surface area contributed by atoms with Crippen LogP contribution in [0.3, 0.4) is 0 Å². The molecule has 2 rings (SSSR count). The van der Waals surface area contributed by atoms with E-state index >= 15 is 0 Å². The van der Waals surface area contributed by atoms with E-state index in [1.54, 1.807) is 11.3 Å². The van der Waals surface area contributed by atoms with Gasteiger partial charge in [-0.05, 0) is 18.8 Å². The minimum absolute atomic E-state index is 0.457. The first kappa shape index (κ1) is 9.67. The van der Waals surface area contributed by atoms with Gasteiger partial charge in [0.05, 0.1) is 23.2 Å². The second-order valence-corrected chi connectivity index (χ2v) is 5.02. The summed E-state index contributed by atoms with van der Waals surface area (Å²) in [6.45, 7) is 2.31. The summed E-state index contributed by atoms with van der Waals surface area (Å²) in [6.07, 6.45) is 4.34. The maximum atomic E-state index is 8.55. The summed E-state index contributed by atoms with van der Waals surface area (Å²) in [5, 5.41) is 11.8. The van der Waals surface area contributed by atoms with Gasteiger partial charge in [-0.25, -0.2) is 4.98 Å². The third kappa shape index (κ3) is 1.96. The highest BCUT2D eigenvalue weighted by Gasteiger charge is 2.24. The molecule has 1 heterocycles. The summed E-state index contributed by atoms with van der Waals surface area (Å²) in [6, 6.07) is 2.14. The fraction of sp³-hybridized carbons (Fsp3) is 0.636. The second kappa shape index (κ2) is 4.10. The summed E-state index contributed by atoms with van der Waals surface area (Å²) in [5.41, 5.74) is 0.951. The lowest BCUT2D eigenvalue weighted by Crippen LogP contribution is -1.93. The van der Waals surface area contributed by atoms with Crippen molar-refractivity contribution in [3.63, 3.8) is 0 Å². The Bertz CT molecular complexity index is 350. The number of aromatic nitrogens is 1. The predicted octanol–water partition coefficient (Wildman–Crippen LogP) is 3.11. The standard InChI is InChI=1S/C11H14N2S/c1-8-2-3-9(6-8)11-13-10(4-5-12)7-14-11/h7-9H,2-4,6H2,1H3. The minimum atomic E-state index is 0.457. The second-order valence-electron chi connectivity index (χ2n) is 4.13. The van der Waals surface area contributed by atoms with Gasteiger partial charge in [0.1, 0.15) is 0 Å². The van der Waals surface area contributed by atoms with E-state index in [4.69, 9.17) is 5.26 Å². The molecule has 14 heavy (non-hydrogen) atoms. The van der Waals surface area contributed by atoms with Gasteiger partial charge in [-0.2, -0.15) is 5.26 Å². The molecule has 0 bridgehead atoms. The van der Waals surface area contributed by atoms with Crippen LogP contribution in [0.15, 0.2) is 5.38 Å². The van der Waals surface area contributed by atoms with Crippen molar-refractivity contribution in [1.29, 1.82) is 5.26 Å². The van der Waals surface area contributed by atoms with Gasteiger partial charge in [-0.15, -0.1) is 11.3 Å². The van der Waals surface area contributed by atoms with Gasteiger partial charge in [0.2, 0.25) is 0 Å². The van der Waals surface area contributed by atoms with Gasteiger partial charge >= 0.3 is 0 Å². The molecule has 1 saturated carbocycles. The van der Waals surface area contributed by atoms with E-state index in [0.717, 1.165) is 11.6 Å². The lowest BCUT2D eigenvalue weighted by Gasteiger charge is -2.03. The van der Waals surface area contributed by atoms with Crippen LogP contribution < -0.4 is 0 Å². The highest BCUT2D eigenvalue weighted by molar-refractivity contribution is 7.09. The summed E-state index contributed by atoms with van der Waals surface area (Å²) >= 11 is 1.73. The predicted molar refractivity (Wildman–Crippen MR) is 57.2 cm³/mol. The van der Waals surface area contributed by atoms with Crippen molar-refractivity contribution in [3.8, 4) is 6.07 Å². The number of hydrogen-bond donors (Lipinski definition) is 0. The Hall–Kier alpha value is -0.880. The van der Waals surface area contributed by atoms with E-state index in [-0.39, 0.29) is 0 Å². The molecule has 74 valence electrons. The van der Waals surface area contributed by atoms with Crippen LogP contribution in [0.2, 0.25) is 0 Å². The van der Waals surface area contributed by atoms with Crippen LogP contribution in [0.5, 0.6) is 0 Å². The Morgan fingerprint density at radius 3 is 3.14 bits per heavy atom. The summed E-state index contributed by atoms with van der Waals surface area (Å²) in [7, 11) is 0. The maximum Gasteiger partial charge on any atom is 0.0959 e. The van der Waals surface area contributed by atoms with E-state index in [9.17, 15) is 0 Å². The van der Waals surface area contributed by atoms with Crippen LogP contribution >= 0.6 is 11.3 Å². The number of nitriles is 1. The monoisotopic (exact) mass is 206 g/mol. The fourth-order valence-corrected chi connectivity index (χ4v) is 3.07. The molecule has 1 fully saturated rings. The van der Waals surface area contributed by atoms with E-state index in [2.05, 4.69) is 18.0 Å². The number of thiazole rings is 1. The van der Waals surface area contributed by atoms with Crippen LogP contribution in [0, 0.1) is 17.2 Å². The molecule has 1 aliphatic rings.